The molecule has 1 fully saturated rings. The fourth-order valence-corrected chi connectivity index (χ4v) is 2.32. The van der Waals surface area contributed by atoms with Crippen LogP contribution in [-0.2, 0) is 14.3 Å². The van der Waals surface area contributed by atoms with E-state index in [2.05, 4.69) is 0 Å². The fraction of sp³-hybridized carbons (Fsp3) is 0.467. The lowest BCUT2D eigenvalue weighted by molar-refractivity contribution is -0.148. The number of amides is 1. The molecule has 1 aromatic carbocycles. The summed E-state index contributed by atoms with van der Waals surface area (Å²) >= 11 is 0. The first kappa shape index (κ1) is 16.2. The molecule has 0 bridgehead atoms. The van der Waals surface area contributed by atoms with Gasteiger partial charge in [0.05, 0.1) is 0 Å². The standard InChI is InChI=1S/C15H18FNO5/c16-11-1-3-13(4-2-11)22-10-14(18)17(9-15(19)20)12-5-7-21-8-6-12/h1-4,12H,5-10H2,(H,19,20). The van der Waals surface area contributed by atoms with Crippen molar-refractivity contribution in [3.63, 3.8) is 0 Å². The average Bonchev–Trinajstić information content (AvgIpc) is 2.52. The van der Waals surface area contributed by atoms with Crippen LogP contribution in [-0.4, -0.2) is 54.3 Å². The number of benzene rings is 1. The number of nitrogens with zero attached hydrogens (tertiary/aromatic N) is 1. The SMILES string of the molecule is O=C(O)CN(C(=O)COc1ccc(F)cc1)C1CCOCC1. The number of halogens is 1. The highest BCUT2D eigenvalue weighted by atomic mass is 19.1. The van der Waals surface area contributed by atoms with E-state index < -0.39 is 17.7 Å². The number of carbonyl (C=O) groups excluding carboxylic acids is 1. The van der Waals surface area contributed by atoms with E-state index in [-0.39, 0.29) is 19.2 Å². The van der Waals surface area contributed by atoms with Crippen molar-refractivity contribution in [2.75, 3.05) is 26.4 Å². The zero-order valence-electron chi connectivity index (χ0n) is 12.0. The third kappa shape index (κ3) is 4.70. The second-order valence-corrected chi connectivity index (χ2v) is 5.00. The Kier molecular flexibility index (Phi) is 5.71. The maximum Gasteiger partial charge on any atom is 0.323 e. The summed E-state index contributed by atoms with van der Waals surface area (Å²) < 4.78 is 23.3. The van der Waals surface area contributed by atoms with Gasteiger partial charge in [0.1, 0.15) is 18.1 Å². The largest absolute Gasteiger partial charge is 0.484 e. The highest BCUT2D eigenvalue weighted by Crippen LogP contribution is 2.16. The summed E-state index contributed by atoms with van der Waals surface area (Å²) in [7, 11) is 0. The minimum atomic E-state index is -1.07. The first-order valence-electron chi connectivity index (χ1n) is 7.03. The molecule has 1 N–H and O–H groups in total. The molecule has 1 amide bonds. The monoisotopic (exact) mass is 311 g/mol. The number of carbonyl (C=O) groups is 2. The lowest BCUT2D eigenvalue weighted by Crippen LogP contribution is -2.47. The second kappa shape index (κ2) is 7.74. The quantitative estimate of drug-likeness (QED) is 0.857. The highest BCUT2D eigenvalue weighted by Gasteiger charge is 2.27. The number of aliphatic carboxylic acids is 1. The normalized spacial score (nSPS) is 15.3. The van der Waals surface area contributed by atoms with Crippen LogP contribution >= 0.6 is 0 Å². The molecule has 6 nitrogen and oxygen atoms in total. The van der Waals surface area contributed by atoms with E-state index in [1.54, 1.807) is 0 Å². The molecule has 2 rings (SSSR count). The summed E-state index contributed by atoms with van der Waals surface area (Å²) in [5, 5.41) is 8.97. The molecule has 1 aromatic rings. The molecule has 0 saturated carbocycles. The van der Waals surface area contributed by atoms with Crippen LogP contribution in [0.3, 0.4) is 0 Å². The number of ether oxygens (including phenoxy) is 2. The van der Waals surface area contributed by atoms with E-state index in [4.69, 9.17) is 14.6 Å². The Balaban J connectivity index is 1.95. The molecule has 0 atom stereocenters. The Bertz CT molecular complexity index is 513. The molecule has 1 saturated heterocycles. The predicted molar refractivity (Wildman–Crippen MR) is 75.1 cm³/mol. The minimum absolute atomic E-state index is 0.158. The van der Waals surface area contributed by atoms with Crippen LogP contribution in [0.1, 0.15) is 12.8 Å². The second-order valence-electron chi connectivity index (χ2n) is 5.00. The van der Waals surface area contributed by atoms with Crippen LogP contribution in [0.2, 0.25) is 0 Å². The van der Waals surface area contributed by atoms with Crippen molar-refractivity contribution in [1.82, 2.24) is 4.90 Å². The minimum Gasteiger partial charge on any atom is -0.484 e. The predicted octanol–water partition coefficient (Wildman–Crippen LogP) is 1.30. The molecule has 22 heavy (non-hydrogen) atoms. The Morgan fingerprint density at radius 2 is 1.91 bits per heavy atom. The molecule has 0 aromatic heterocycles. The van der Waals surface area contributed by atoms with Crippen LogP contribution in [0.4, 0.5) is 4.39 Å². The molecule has 7 heteroatoms. The van der Waals surface area contributed by atoms with Crippen molar-refractivity contribution in [1.29, 1.82) is 0 Å². The van der Waals surface area contributed by atoms with Gasteiger partial charge in [-0.05, 0) is 37.1 Å². The van der Waals surface area contributed by atoms with Crippen molar-refractivity contribution in [2.45, 2.75) is 18.9 Å². The molecular formula is C15H18FNO5. The summed E-state index contributed by atoms with van der Waals surface area (Å²) in [6.45, 7) is 0.367. The van der Waals surface area contributed by atoms with Crippen LogP contribution in [0.25, 0.3) is 0 Å². The highest BCUT2D eigenvalue weighted by molar-refractivity contribution is 5.82. The van der Waals surface area contributed by atoms with Gasteiger partial charge in [-0.2, -0.15) is 0 Å². The number of carboxylic acid groups (broad SMARTS) is 1. The van der Waals surface area contributed by atoms with Crippen molar-refractivity contribution in [3.05, 3.63) is 30.1 Å². The lowest BCUT2D eigenvalue weighted by Gasteiger charge is -2.33. The zero-order valence-corrected chi connectivity index (χ0v) is 12.0. The van der Waals surface area contributed by atoms with Crippen molar-refractivity contribution >= 4 is 11.9 Å². The smallest absolute Gasteiger partial charge is 0.323 e. The molecule has 120 valence electrons. The first-order chi connectivity index (χ1) is 10.6. The van der Waals surface area contributed by atoms with Crippen LogP contribution < -0.4 is 4.74 Å². The van der Waals surface area contributed by atoms with E-state index in [9.17, 15) is 14.0 Å². The third-order valence-electron chi connectivity index (χ3n) is 3.43. The maximum absolute atomic E-state index is 12.8. The van der Waals surface area contributed by atoms with Gasteiger partial charge >= 0.3 is 5.97 Å². The van der Waals surface area contributed by atoms with Crippen molar-refractivity contribution in [3.8, 4) is 5.75 Å². The molecule has 1 aliphatic rings. The van der Waals surface area contributed by atoms with E-state index in [0.29, 0.717) is 31.8 Å². The van der Waals surface area contributed by atoms with E-state index >= 15 is 0 Å². The topological polar surface area (TPSA) is 76.1 Å². The molecular weight excluding hydrogens is 293 g/mol. The van der Waals surface area contributed by atoms with E-state index in [0.717, 1.165) is 0 Å². The molecule has 1 aliphatic heterocycles. The third-order valence-corrected chi connectivity index (χ3v) is 3.43. The van der Waals surface area contributed by atoms with Crippen molar-refractivity contribution < 1.29 is 28.6 Å². The Morgan fingerprint density at radius 3 is 2.50 bits per heavy atom. The van der Waals surface area contributed by atoms with Gasteiger partial charge in [0, 0.05) is 19.3 Å². The van der Waals surface area contributed by atoms with Gasteiger partial charge in [-0.3, -0.25) is 9.59 Å². The summed E-state index contributed by atoms with van der Waals surface area (Å²) in [5.41, 5.74) is 0. The molecule has 0 aliphatic carbocycles. The number of rotatable bonds is 6. The zero-order chi connectivity index (χ0) is 15.9. The molecule has 1 heterocycles. The van der Waals surface area contributed by atoms with Gasteiger partial charge in [0.15, 0.2) is 6.61 Å². The maximum atomic E-state index is 12.8. The molecule has 0 radical (unpaired) electrons. The summed E-state index contributed by atoms with van der Waals surface area (Å²) in [6, 6.07) is 5.13. The Morgan fingerprint density at radius 1 is 1.27 bits per heavy atom. The summed E-state index contributed by atoms with van der Waals surface area (Å²) in [4.78, 5) is 24.5. The molecule has 0 unspecified atom stereocenters. The van der Waals surface area contributed by atoms with Crippen molar-refractivity contribution in [2.24, 2.45) is 0 Å². The number of hydrogen-bond acceptors (Lipinski definition) is 4. The van der Waals surface area contributed by atoms with Gasteiger partial charge < -0.3 is 19.5 Å². The number of hydrogen-bond donors (Lipinski definition) is 1. The van der Waals surface area contributed by atoms with Crippen LogP contribution in [0.5, 0.6) is 5.75 Å². The summed E-state index contributed by atoms with van der Waals surface area (Å²) in [6.07, 6.45) is 1.21. The van der Waals surface area contributed by atoms with Crippen LogP contribution in [0.15, 0.2) is 24.3 Å². The number of carboxylic acids is 1. The molecule has 0 spiro atoms. The van der Waals surface area contributed by atoms with Gasteiger partial charge in [-0.25, -0.2) is 4.39 Å². The van der Waals surface area contributed by atoms with Gasteiger partial charge in [-0.1, -0.05) is 0 Å². The Labute approximate surface area is 127 Å². The fourth-order valence-electron chi connectivity index (χ4n) is 2.32. The first-order valence-corrected chi connectivity index (χ1v) is 7.03. The van der Waals surface area contributed by atoms with E-state index in [1.165, 1.54) is 29.2 Å². The van der Waals surface area contributed by atoms with Gasteiger partial charge in [-0.15, -0.1) is 0 Å². The Hall–Kier alpha value is -2.15. The average molecular weight is 311 g/mol. The van der Waals surface area contributed by atoms with Gasteiger partial charge in [0.25, 0.3) is 5.91 Å². The lowest BCUT2D eigenvalue weighted by atomic mass is 10.1. The van der Waals surface area contributed by atoms with E-state index in [1.807, 2.05) is 0 Å². The summed E-state index contributed by atoms with van der Waals surface area (Å²) in [5.74, 6) is -1.51. The van der Waals surface area contributed by atoms with Gasteiger partial charge in [0.2, 0.25) is 0 Å². The van der Waals surface area contributed by atoms with Crippen LogP contribution in [0, 0.1) is 5.82 Å².